The summed E-state index contributed by atoms with van der Waals surface area (Å²) in [5, 5.41) is 33.3. The maximum Gasteiger partial charge on any atom is 0.335 e. The number of aliphatic hydroxyl groups excluding tert-OH is 2. The smallest absolute Gasteiger partial charge is 0.335 e. The van der Waals surface area contributed by atoms with E-state index in [0.29, 0.717) is 0 Å². The van der Waals surface area contributed by atoms with Gasteiger partial charge in [-0.3, -0.25) is 0 Å². The van der Waals surface area contributed by atoms with Crippen LogP contribution in [0.3, 0.4) is 0 Å². The molecule has 2 rings (SSSR count). The number of aliphatic hydroxyl groups is 2. The Morgan fingerprint density at radius 1 is 0.800 bits per heavy atom. The first-order valence-electron chi connectivity index (χ1n) is 7.11. The van der Waals surface area contributed by atoms with Crippen LogP contribution >= 0.6 is 11.6 Å². The molecule has 0 fully saturated rings. The molecule has 0 heterocycles. The highest BCUT2D eigenvalue weighted by Gasteiger charge is 2.29. The minimum Gasteiger partial charge on any atom is -0.479 e. The summed E-state index contributed by atoms with van der Waals surface area (Å²) in [7, 11) is 0. The van der Waals surface area contributed by atoms with Crippen LogP contribution in [0.4, 0.5) is 0 Å². The fourth-order valence-electron chi connectivity index (χ4n) is 1.79. The topological polar surface area (TPSA) is 141 Å². The van der Waals surface area contributed by atoms with E-state index in [2.05, 4.69) is 0 Å². The third kappa shape index (κ3) is 6.52. The number of aliphatic carboxylic acids is 2. The Kier molecular flexibility index (Phi) is 8.03. The number of benzene rings is 2. The molecule has 0 radical (unpaired) electrons. The molecule has 0 unspecified atom stereocenters. The van der Waals surface area contributed by atoms with E-state index in [0.717, 1.165) is 16.1 Å². The van der Waals surface area contributed by atoms with Crippen molar-refractivity contribution in [1.29, 1.82) is 0 Å². The maximum atomic E-state index is 9.77. The molecule has 0 aliphatic heterocycles. The van der Waals surface area contributed by atoms with Crippen LogP contribution < -0.4 is 5.73 Å². The van der Waals surface area contributed by atoms with Crippen molar-refractivity contribution in [2.24, 2.45) is 5.73 Å². The van der Waals surface area contributed by atoms with Gasteiger partial charge in [-0.25, -0.2) is 9.59 Å². The zero-order valence-electron chi connectivity index (χ0n) is 13.0. The van der Waals surface area contributed by atoms with Gasteiger partial charge in [-0.05, 0) is 23.3 Å². The van der Waals surface area contributed by atoms with Crippen LogP contribution in [0.5, 0.6) is 0 Å². The molecular formula is C17H18ClNO6. The second kappa shape index (κ2) is 9.75. The van der Waals surface area contributed by atoms with Gasteiger partial charge in [0.25, 0.3) is 0 Å². The predicted molar refractivity (Wildman–Crippen MR) is 91.2 cm³/mol. The molecule has 0 aliphatic rings. The lowest BCUT2D eigenvalue weighted by atomic mass is 10.00. The van der Waals surface area contributed by atoms with Gasteiger partial charge >= 0.3 is 11.9 Å². The Hall–Kier alpha value is -2.45. The van der Waals surface area contributed by atoms with Gasteiger partial charge < -0.3 is 26.2 Å². The average molecular weight is 368 g/mol. The Morgan fingerprint density at radius 2 is 1.20 bits per heavy atom. The summed E-state index contributed by atoms with van der Waals surface area (Å²) in [6, 6.07) is 17.6. The van der Waals surface area contributed by atoms with Crippen molar-refractivity contribution in [3.05, 3.63) is 70.7 Å². The van der Waals surface area contributed by atoms with E-state index in [-0.39, 0.29) is 6.04 Å². The van der Waals surface area contributed by atoms with Crippen LogP contribution in [0.2, 0.25) is 5.02 Å². The van der Waals surface area contributed by atoms with Crippen LogP contribution in [0.25, 0.3) is 0 Å². The number of hydrogen-bond donors (Lipinski definition) is 5. The van der Waals surface area contributed by atoms with Crippen molar-refractivity contribution in [2.45, 2.75) is 18.2 Å². The Labute approximate surface area is 148 Å². The normalized spacial score (nSPS) is 13.8. The van der Waals surface area contributed by atoms with Gasteiger partial charge in [0.2, 0.25) is 0 Å². The number of carboxylic acid groups (broad SMARTS) is 2. The van der Waals surface area contributed by atoms with E-state index < -0.39 is 24.1 Å². The van der Waals surface area contributed by atoms with Crippen LogP contribution in [-0.4, -0.2) is 44.6 Å². The van der Waals surface area contributed by atoms with E-state index in [1.165, 1.54) is 0 Å². The number of hydrogen-bond acceptors (Lipinski definition) is 5. The lowest BCUT2D eigenvalue weighted by Crippen LogP contribution is -2.39. The first-order chi connectivity index (χ1) is 11.7. The summed E-state index contributed by atoms with van der Waals surface area (Å²) in [4.78, 5) is 19.5. The second-order valence-corrected chi connectivity index (χ2v) is 5.44. The predicted octanol–water partition coefficient (Wildman–Crippen LogP) is 1.27. The van der Waals surface area contributed by atoms with Gasteiger partial charge in [0.05, 0.1) is 6.04 Å². The van der Waals surface area contributed by atoms with E-state index >= 15 is 0 Å². The number of nitrogens with two attached hydrogens (primary N) is 1. The molecule has 2 aromatic carbocycles. The van der Waals surface area contributed by atoms with Gasteiger partial charge in [-0.1, -0.05) is 54.1 Å². The van der Waals surface area contributed by atoms with Crippen molar-refractivity contribution >= 4 is 23.5 Å². The van der Waals surface area contributed by atoms with Crippen LogP contribution in [0.1, 0.15) is 17.2 Å². The van der Waals surface area contributed by atoms with Crippen LogP contribution in [-0.2, 0) is 9.59 Å². The van der Waals surface area contributed by atoms with Crippen LogP contribution in [0.15, 0.2) is 54.6 Å². The van der Waals surface area contributed by atoms with E-state index in [1.807, 2.05) is 54.6 Å². The highest BCUT2D eigenvalue weighted by Crippen LogP contribution is 2.20. The number of carbonyl (C=O) groups is 2. The molecule has 2 aromatic rings. The minimum absolute atomic E-state index is 0.0801. The summed E-state index contributed by atoms with van der Waals surface area (Å²) in [6.45, 7) is 0. The summed E-state index contributed by atoms with van der Waals surface area (Å²) >= 11 is 5.82. The Morgan fingerprint density at radius 3 is 1.60 bits per heavy atom. The third-order valence-corrected chi connectivity index (χ3v) is 3.44. The molecule has 6 N–H and O–H groups in total. The van der Waals surface area contributed by atoms with Gasteiger partial charge in [0.1, 0.15) is 0 Å². The molecular weight excluding hydrogens is 350 g/mol. The Bertz CT molecular complexity index is 674. The standard InChI is InChI=1S/C13H12ClN.C4H6O6/c14-12-8-6-11(7-9-12)13(15)10-4-2-1-3-5-10;5-1(3(7)8)2(6)4(9)10/h1-9,13H,15H2;1-2,5-6H,(H,7,8)(H,9,10)/t13-;1-,2-/m10/s1. The van der Waals surface area contributed by atoms with Crippen molar-refractivity contribution in [2.75, 3.05) is 0 Å². The summed E-state index contributed by atoms with van der Waals surface area (Å²) in [5.74, 6) is -3.54. The van der Waals surface area contributed by atoms with Crippen molar-refractivity contribution in [3.8, 4) is 0 Å². The largest absolute Gasteiger partial charge is 0.479 e. The fourth-order valence-corrected chi connectivity index (χ4v) is 1.92. The molecule has 0 bridgehead atoms. The van der Waals surface area contributed by atoms with Crippen molar-refractivity contribution < 1.29 is 30.0 Å². The average Bonchev–Trinajstić information content (AvgIpc) is 2.61. The molecule has 8 heteroatoms. The third-order valence-electron chi connectivity index (χ3n) is 3.19. The number of carboxylic acids is 2. The number of rotatable bonds is 5. The van der Waals surface area contributed by atoms with Crippen molar-refractivity contribution in [3.63, 3.8) is 0 Å². The molecule has 134 valence electrons. The minimum atomic E-state index is -2.27. The van der Waals surface area contributed by atoms with Gasteiger partial charge in [-0.2, -0.15) is 0 Å². The quantitative estimate of drug-likeness (QED) is 0.535. The van der Waals surface area contributed by atoms with E-state index in [4.69, 9.17) is 37.8 Å². The fraction of sp³-hybridized carbons (Fsp3) is 0.176. The van der Waals surface area contributed by atoms with E-state index in [9.17, 15) is 9.59 Å². The van der Waals surface area contributed by atoms with Crippen molar-refractivity contribution in [1.82, 2.24) is 0 Å². The number of halogens is 1. The summed E-state index contributed by atoms with van der Waals surface area (Å²) in [5.41, 5.74) is 8.31. The summed E-state index contributed by atoms with van der Waals surface area (Å²) < 4.78 is 0. The molecule has 0 saturated heterocycles. The van der Waals surface area contributed by atoms with Gasteiger partial charge in [0.15, 0.2) is 12.2 Å². The molecule has 3 atom stereocenters. The molecule has 0 amide bonds. The molecule has 0 aromatic heterocycles. The molecule has 7 nitrogen and oxygen atoms in total. The van der Waals surface area contributed by atoms with Gasteiger partial charge in [0, 0.05) is 5.02 Å². The zero-order chi connectivity index (χ0) is 19.0. The Balaban J connectivity index is 0.000000275. The highest BCUT2D eigenvalue weighted by atomic mass is 35.5. The van der Waals surface area contributed by atoms with Gasteiger partial charge in [-0.15, -0.1) is 0 Å². The molecule has 0 spiro atoms. The summed E-state index contributed by atoms with van der Waals surface area (Å²) in [6.07, 6.45) is -4.53. The molecule has 25 heavy (non-hydrogen) atoms. The first kappa shape index (κ1) is 20.6. The van der Waals surface area contributed by atoms with Crippen LogP contribution in [0, 0.1) is 0 Å². The highest BCUT2D eigenvalue weighted by molar-refractivity contribution is 6.30. The SMILES string of the molecule is N[C@H](c1ccccc1)c1ccc(Cl)cc1.O=C(O)[C@@H](O)[C@H](O)C(=O)O. The maximum absolute atomic E-state index is 9.77. The second-order valence-electron chi connectivity index (χ2n) is 5.01. The lowest BCUT2D eigenvalue weighted by molar-refractivity contribution is -0.165. The first-order valence-corrected chi connectivity index (χ1v) is 7.49. The monoisotopic (exact) mass is 367 g/mol. The lowest BCUT2D eigenvalue weighted by Gasteiger charge is -2.12. The molecule has 0 saturated carbocycles. The molecule has 0 aliphatic carbocycles. The van der Waals surface area contributed by atoms with E-state index in [1.54, 1.807) is 0 Å². The zero-order valence-corrected chi connectivity index (χ0v) is 13.7.